The third-order valence-electron chi connectivity index (χ3n) is 4.16. The molecule has 1 aromatic carbocycles. The van der Waals surface area contributed by atoms with Crippen LogP contribution in [0, 0.1) is 0 Å². The lowest BCUT2D eigenvalue weighted by molar-refractivity contribution is -0.129. The van der Waals surface area contributed by atoms with Gasteiger partial charge in [0.15, 0.2) is 0 Å². The van der Waals surface area contributed by atoms with E-state index in [4.69, 9.17) is 9.47 Å². The lowest BCUT2D eigenvalue weighted by atomic mass is 10.1. The van der Waals surface area contributed by atoms with Crippen molar-refractivity contribution in [3.8, 4) is 0 Å². The summed E-state index contributed by atoms with van der Waals surface area (Å²) in [6.07, 6.45) is 0. The quantitative estimate of drug-likeness (QED) is 0.725. The lowest BCUT2D eigenvalue weighted by Gasteiger charge is -2.31. The summed E-state index contributed by atoms with van der Waals surface area (Å²) in [6, 6.07) is 7.53. The zero-order chi connectivity index (χ0) is 18.2. The Morgan fingerprint density at radius 1 is 1.20 bits per heavy atom. The van der Waals surface area contributed by atoms with Gasteiger partial charge in [-0.15, -0.1) is 0 Å². The first-order valence-electron chi connectivity index (χ1n) is 8.44. The van der Waals surface area contributed by atoms with Crippen LogP contribution in [-0.2, 0) is 14.3 Å². The smallest absolute Gasteiger partial charge is 0.256 e. The van der Waals surface area contributed by atoms with E-state index in [0.29, 0.717) is 31.9 Å². The van der Waals surface area contributed by atoms with Crippen LogP contribution in [-0.4, -0.2) is 88.8 Å². The van der Waals surface area contributed by atoms with Crippen LogP contribution in [0.25, 0.3) is 0 Å². The fourth-order valence-corrected chi connectivity index (χ4v) is 2.66. The second-order valence-corrected chi connectivity index (χ2v) is 6.12. The minimum Gasteiger partial charge on any atom is -0.383 e. The molecule has 2 rings (SSSR count). The van der Waals surface area contributed by atoms with Crippen molar-refractivity contribution in [1.29, 1.82) is 0 Å². The summed E-state index contributed by atoms with van der Waals surface area (Å²) in [5.41, 5.74) is 1.49. The lowest BCUT2D eigenvalue weighted by Crippen LogP contribution is -2.43. The topological polar surface area (TPSA) is 62.3 Å². The van der Waals surface area contributed by atoms with Crippen molar-refractivity contribution < 1.29 is 19.1 Å². The molecule has 0 radical (unpaired) electrons. The van der Waals surface area contributed by atoms with Crippen LogP contribution in [0.4, 0.5) is 5.69 Å². The van der Waals surface area contributed by atoms with E-state index in [1.54, 1.807) is 26.1 Å². The predicted molar refractivity (Wildman–Crippen MR) is 95.9 cm³/mol. The minimum atomic E-state index is -0.158. The summed E-state index contributed by atoms with van der Waals surface area (Å²) in [7, 11) is 4.95. The van der Waals surface area contributed by atoms with E-state index in [2.05, 4.69) is 4.90 Å². The number of rotatable bonds is 7. The number of morpholine rings is 1. The van der Waals surface area contributed by atoms with Gasteiger partial charge in [0.1, 0.15) is 6.54 Å². The molecular formula is C18H27N3O4. The molecule has 1 aliphatic rings. The molecule has 1 saturated heterocycles. The van der Waals surface area contributed by atoms with Crippen molar-refractivity contribution in [2.75, 3.05) is 72.1 Å². The van der Waals surface area contributed by atoms with Crippen LogP contribution in [0.5, 0.6) is 0 Å². The maximum atomic E-state index is 13.1. The van der Waals surface area contributed by atoms with Crippen molar-refractivity contribution >= 4 is 17.5 Å². The zero-order valence-electron chi connectivity index (χ0n) is 15.2. The van der Waals surface area contributed by atoms with Crippen molar-refractivity contribution in [3.05, 3.63) is 29.8 Å². The van der Waals surface area contributed by atoms with Gasteiger partial charge in [0.25, 0.3) is 5.91 Å². The maximum Gasteiger partial charge on any atom is 0.256 e. The average molecular weight is 349 g/mol. The van der Waals surface area contributed by atoms with Crippen molar-refractivity contribution in [2.24, 2.45) is 0 Å². The molecule has 25 heavy (non-hydrogen) atoms. The number of likely N-dealkylation sites (N-methyl/N-ethyl adjacent to an activating group) is 1. The number of carbonyl (C=O) groups is 2. The molecule has 0 N–H and O–H groups in total. The van der Waals surface area contributed by atoms with Crippen molar-refractivity contribution in [1.82, 2.24) is 9.80 Å². The SMILES string of the molecule is COCCN(CC(=O)N(C)C)C(=O)c1ccccc1N1CCOCC1. The first-order chi connectivity index (χ1) is 12.0. The fraction of sp³-hybridized carbons (Fsp3) is 0.556. The molecule has 7 nitrogen and oxygen atoms in total. The Labute approximate surface area is 149 Å². The molecular weight excluding hydrogens is 322 g/mol. The van der Waals surface area contributed by atoms with E-state index in [0.717, 1.165) is 18.8 Å². The summed E-state index contributed by atoms with van der Waals surface area (Å²) in [5.74, 6) is -0.275. The highest BCUT2D eigenvalue weighted by Crippen LogP contribution is 2.23. The number of ether oxygens (including phenoxy) is 2. The number of benzene rings is 1. The molecule has 7 heteroatoms. The number of para-hydroxylation sites is 1. The highest BCUT2D eigenvalue weighted by molar-refractivity contribution is 6.01. The molecule has 1 fully saturated rings. The molecule has 2 amide bonds. The van der Waals surface area contributed by atoms with Gasteiger partial charge in [-0.1, -0.05) is 12.1 Å². The van der Waals surface area contributed by atoms with Gasteiger partial charge in [-0.25, -0.2) is 0 Å². The van der Waals surface area contributed by atoms with Crippen LogP contribution in [0.3, 0.4) is 0 Å². The highest BCUT2D eigenvalue weighted by Gasteiger charge is 2.24. The number of carbonyl (C=O) groups excluding carboxylic acids is 2. The molecule has 1 aliphatic heterocycles. The summed E-state index contributed by atoms with van der Waals surface area (Å²) in [4.78, 5) is 30.4. The monoisotopic (exact) mass is 349 g/mol. The molecule has 1 aromatic rings. The largest absolute Gasteiger partial charge is 0.383 e. The van der Waals surface area contributed by atoms with Crippen LogP contribution >= 0.6 is 0 Å². The second kappa shape index (κ2) is 9.39. The summed E-state index contributed by atoms with van der Waals surface area (Å²) in [6.45, 7) is 3.58. The normalized spacial score (nSPS) is 14.3. The van der Waals surface area contributed by atoms with Gasteiger partial charge in [-0.05, 0) is 12.1 Å². The number of methoxy groups -OCH3 is 1. The molecule has 0 bridgehead atoms. The van der Waals surface area contributed by atoms with Gasteiger partial charge in [0.05, 0.1) is 25.4 Å². The Bertz CT molecular complexity index is 585. The Morgan fingerprint density at radius 2 is 1.88 bits per heavy atom. The number of amides is 2. The zero-order valence-corrected chi connectivity index (χ0v) is 15.2. The van der Waals surface area contributed by atoms with Crippen molar-refractivity contribution in [3.63, 3.8) is 0 Å². The molecule has 0 spiro atoms. The van der Waals surface area contributed by atoms with E-state index in [1.807, 2.05) is 24.3 Å². The number of hydrogen-bond donors (Lipinski definition) is 0. The Kier molecular flexibility index (Phi) is 7.21. The van der Waals surface area contributed by atoms with E-state index in [1.165, 1.54) is 4.90 Å². The fourth-order valence-electron chi connectivity index (χ4n) is 2.66. The van der Waals surface area contributed by atoms with E-state index < -0.39 is 0 Å². The van der Waals surface area contributed by atoms with Crippen LogP contribution in [0.15, 0.2) is 24.3 Å². The second-order valence-electron chi connectivity index (χ2n) is 6.12. The number of nitrogens with zero attached hydrogens (tertiary/aromatic N) is 3. The number of anilines is 1. The van der Waals surface area contributed by atoms with Gasteiger partial charge in [-0.3, -0.25) is 9.59 Å². The van der Waals surface area contributed by atoms with Gasteiger partial charge >= 0.3 is 0 Å². The Balaban J connectivity index is 2.23. The first kappa shape index (κ1) is 19.2. The van der Waals surface area contributed by atoms with Crippen LogP contribution < -0.4 is 4.90 Å². The maximum absolute atomic E-state index is 13.1. The third-order valence-corrected chi connectivity index (χ3v) is 4.16. The summed E-state index contributed by atoms with van der Waals surface area (Å²) >= 11 is 0. The molecule has 0 aromatic heterocycles. The molecule has 0 saturated carbocycles. The van der Waals surface area contributed by atoms with Crippen LogP contribution in [0.1, 0.15) is 10.4 Å². The molecule has 1 heterocycles. The molecule has 0 aliphatic carbocycles. The number of hydrogen-bond acceptors (Lipinski definition) is 5. The third kappa shape index (κ3) is 5.17. The minimum absolute atomic E-state index is 0.0344. The van der Waals surface area contributed by atoms with Gasteiger partial charge in [0.2, 0.25) is 5.91 Å². The van der Waals surface area contributed by atoms with Crippen molar-refractivity contribution in [2.45, 2.75) is 0 Å². The Hall–Kier alpha value is -2.12. The predicted octanol–water partition coefficient (Wildman–Crippen LogP) is 0.700. The van der Waals surface area contributed by atoms with Gasteiger partial charge < -0.3 is 24.2 Å². The van der Waals surface area contributed by atoms with Crippen LogP contribution in [0.2, 0.25) is 0 Å². The molecule has 138 valence electrons. The average Bonchev–Trinajstić information content (AvgIpc) is 2.65. The highest BCUT2D eigenvalue weighted by atomic mass is 16.5. The van der Waals surface area contributed by atoms with E-state index in [-0.39, 0.29) is 18.4 Å². The Morgan fingerprint density at radius 3 is 2.52 bits per heavy atom. The first-order valence-corrected chi connectivity index (χ1v) is 8.44. The van der Waals surface area contributed by atoms with Gasteiger partial charge in [-0.2, -0.15) is 0 Å². The van der Waals surface area contributed by atoms with E-state index >= 15 is 0 Å². The van der Waals surface area contributed by atoms with Gasteiger partial charge in [0, 0.05) is 46.5 Å². The summed E-state index contributed by atoms with van der Waals surface area (Å²) in [5, 5.41) is 0. The molecule has 0 unspecified atom stereocenters. The standard InChI is InChI=1S/C18H27N3O4/c1-19(2)17(22)14-21(8-11-24-3)18(23)15-6-4-5-7-16(15)20-9-12-25-13-10-20/h4-7H,8-14H2,1-3H3. The molecule has 0 atom stereocenters. The van der Waals surface area contributed by atoms with E-state index in [9.17, 15) is 9.59 Å². The summed E-state index contributed by atoms with van der Waals surface area (Å²) < 4.78 is 10.5.